The Balaban J connectivity index is 1.51. The van der Waals surface area contributed by atoms with Crippen LogP contribution in [0.25, 0.3) is 11.5 Å². The number of carbonyl (C=O) groups is 1. The van der Waals surface area contributed by atoms with Crippen LogP contribution in [0.4, 0.5) is 14.5 Å². The Labute approximate surface area is 163 Å². The van der Waals surface area contributed by atoms with Gasteiger partial charge in [-0.25, -0.2) is 0 Å². The van der Waals surface area contributed by atoms with Crippen molar-refractivity contribution in [2.75, 3.05) is 18.2 Å². The van der Waals surface area contributed by atoms with E-state index in [1.807, 2.05) is 0 Å². The van der Waals surface area contributed by atoms with Gasteiger partial charge in [0.05, 0.1) is 12.9 Å². The molecule has 1 heterocycles. The van der Waals surface area contributed by atoms with Crippen LogP contribution in [-0.2, 0) is 4.79 Å². The fraction of sp³-hybridized carbons (Fsp3) is 0.167. The molecule has 0 unspecified atom stereocenters. The van der Waals surface area contributed by atoms with Crippen molar-refractivity contribution >= 4 is 23.4 Å². The number of nitrogens with one attached hydrogen (secondary N) is 1. The first-order chi connectivity index (χ1) is 13.5. The third-order valence-electron chi connectivity index (χ3n) is 3.43. The van der Waals surface area contributed by atoms with Gasteiger partial charge in [-0.15, -0.1) is 10.2 Å². The maximum atomic E-state index is 12.1. The Morgan fingerprint density at radius 1 is 1.11 bits per heavy atom. The molecule has 1 N–H and O–H groups in total. The molecule has 3 aromatic rings. The number of carbonyl (C=O) groups excluding carboxylic acids is 1. The number of halogens is 2. The predicted octanol–water partition coefficient (Wildman–Crippen LogP) is 4.08. The van der Waals surface area contributed by atoms with Gasteiger partial charge in [0.15, 0.2) is 0 Å². The molecule has 0 radical (unpaired) electrons. The fourth-order valence-corrected chi connectivity index (χ4v) is 2.73. The second kappa shape index (κ2) is 9.18. The summed E-state index contributed by atoms with van der Waals surface area (Å²) in [6.45, 7) is -2.89. The molecule has 10 heteroatoms. The van der Waals surface area contributed by atoms with Crippen LogP contribution in [0.2, 0.25) is 0 Å². The Kier molecular flexibility index (Phi) is 6.43. The van der Waals surface area contributed by atoms with Crippen molar-refractivity contribution in [3.8, 4) is 23.0 Å². The van der Waals surface area contributed by atoms with Crippen LogP contribution in [-0.4, -0.2) is 35.6 Å². The zero-order chi connectivity index (χ0) is 19.9. The van der Waals surface area contributed by atoms with Gasteiger partial charge in [0, 0.05) is 11.3 Å². The quantitative estimate of drug-likeness (QED) is 0.563. The Bertz CT molecular complexity index is 917. The van der Waals surface area contributed by atoms with Crippen LogP contribution in [0.15, 0.2) is 58.2 Å². The van der Waals surface area contributed by atoms with Crippen LogP contribution in [0.1, 0.15) is 0 Å². The predicted molar refractivity (Wildman–Crippen MR) is 98.7 cm³/mol. The van der Waals surface area contributed by atoms with Gasteiger partial charge in [-0.1, -0.05) is 11.8 Å². The van der Waals surface area contributed by atoms with Crippen LogP contribution in [0.3, 0.4) is 0 Å². The number of anilines is 1. The average Bonchev–Trinajstić information content (AvgIpc) is 3.17. The molecule has 0 saturated heterocycles. The SMILES string of the molecule is COc1ccc(-c2nnc(SCC(=O)Nc3ccc(OC(F)F)cc3)o2)cc1. The second-order valence-electron chi connectivity index (χ2n) is 5.34. The van der Waals surface area contributed by atoms with E-state index in [0.29, 0.717) is 17.3 Å². The van der Waals surface area contributed by atoms with Crippen molar-refractivity contribution in [2.24, 2.45) is 0 Å². The van der Waals surface area contributed by atoms with E-state index in [4.69, 9.17) is 9.15 Å². The zero-order valence-electron chi connectivity index (χ0n) is 14.6. The highest BCUT2D eigenvalue weighted by atomic mass is 32.2. The molecular weight excluding hydrogens is 392 g/mol. The normalized spacial score (nSPS) is 10.7. The van der Waals surface area contributed by atoms with Crippen LogP contribution < -0.4 is 14.8 Å². The summed E-state index contributed by atoms with van der Waals surface area (Å²) < 4.78 is 39.1. The van der Waals surface area contributed by atoms with Gasteiger partial charge in [-0.05, 0) is 48.5 Å². The van der Waals surface area contributed by atoms with Gasteiger partial charge in [0.25, 0.3) is 5.22 Å². The maximum Gasteiger partial charge on any atom is 0.387 e. The zero-order valence-corrected chi connectivity index (χ0v) is 15.4. The number of rotatable bonds is 8. The third kappa shape index (κ3) is 5.43. The lowest BCUT2D eigenvalue weighted by Gasteiger charge is -2.06. The largest absolute Gasteiger partial charge is 0.497 e. The average molecular weight is 407 g/mol. The number of hydrogen-bond acceptors (Lipinski definition) is 7. The summed E-state index contributed by atoms with van der Waals surface area (Å²) in [5, 5.41) is 10.7. The molecule has 7 nitrogen and oxygen atoms in total. The summed E-state index contributed by atoms with van der Waals surface area (Å²) in [7, 11) is 1.58. The summed E-state index contributed by atoms with van der Waals surface area (Å²) in [5.41, 5.74) is 1.19. The number of amides is 1. The molecule has 0 aliphatic heterocycles. The van der Waals surface area contributed by atoms with Crippen molar-refractivity contribution in [3.05, 3.63) is 48.5 Å². The van der Waals surface area contributed by atoms with Crippen molar-refractivity contribution in [1.29, 1.82) is 0 Å². The number of nitrogens with zero attached hydrogens (tertiary/aromatic N) is 2. The molecule has 0 spiro atoms. The van der Waals surface area contributed by atoms with Crippen LogP contribution in [0, 0.1) is 0 Å². The van der Waals surface area contributed by atoms with E-state index in [9.17, 15) is 13.6 Å². The lowest BCUT2D eigenvalue weighted by Crippen LogP contribution is -2.14. The lowest BCUT2D eigenvalue weighted by molar-refractivity contribution is -0.113. The summed E-state index contributed by atoms with van der Waals surface area (Å²) in [4.78, 5) is 12.0. The highest BCUT2D eigenvalue weighted by Crippen LogP contribution is 2.25. The number of hydrogen-bond donors (Lipinski definition) is 1. The first-order valence-electron chi connectivity index (χ1n) is 7.99. The summed E-state index contributed by atoms with van der Waals surface area (Å²) in [6.07, 6.45) is 0. The molecule has 0 saturated carbocycles. The fourth-order valence-electron chi connectivity index (χ4n) is 2.16. The van der Waals surface area contributed by atoms with Crippen molar-refractivity contribution in [1.82, 2.24) is 10.2 Å². The highest BCUT2D eigenvalue weighted by Gasteiger charge is 2.12. The molecular formula is C18H15F2N3O4S. The molecule has 3 rings (SSSR count). The molecule has 0 aliphatic carbocycles. The van der Waals surface area contributed by atoms with E-state index in [0.717, 1.165) is 17.3 Å². The summed E-state index contributed by atoms with van der Waals surface area (Å²) in [6, 6.07) is 12.7. The summed E-state index contributed by atoms with van der Waals surface area (Å²) in [5.74, 6) is 0.791. The molecule has 0 atom stereocenters. The van der Waals surface area contributed by atoms with Crippen LogP contribution >= 0.6 is 11.8 Å². The van der Waals surface area contributed by atoms with Gasteiger partial charge >= 0.3 is 6.61 Å². The van der Waals surface area contributed by atoms with Gasteiger partial charge in [0.1, 0.15) is 11.5 Å². The van der Waals surface area contributed by atoms with E-state index in [-0.39, 0.29) is 22.6 Å². The summed E-state index contributed by atoms with van der Waals surface area (Å²) >= 11 is 1.08. The molecule has 0 aliphatic rings. The van der Waals surface area contributed by atoms with Gasteiger partial charge in [-0.3, -0.25) is 4.79 Å². The Hall–Kier alpha value is -3.14. The van der Waals surface area contributed by atoms with E-state index in [2.05, 4.69) is 20.3 Å². The van der Waals surface area contributed by atoms with Crippen molar-refractivity contribution in [2.45, 2.75) is 11.8 Å². The van der Waals surface area contributed by atoms with Gasteiger partial charge in [0.2, 0.25) is 11.8 Å². The minimum Gasteiger partial charge on any atom is -0.497 e. The topological polar surface area (TPSA) is 86.5 Å². The number of alkyl halides is 2. The molecule has 2 aromatic carbocycles. The smallest absolute Gasteiger partial charge is 0.387 e. The van der Waals surface area contributed by atoms with Gasteiger partial charge < -0.3 is 19.2 Å². The Morgan fingerprint density at radius 3 is 2.43 bits per heavy atom. The van der Waals surface area contributed by atoms with E-state index in [1.54, 1.807) is 31.4 Å². The van der Waals surface area contributed by atoms with Crippen LogP contribution in [0.5, 0.6) is 11.5 Å². The standard InChI is InChI=1S/C18H15F2N3O4S/c1-25-13-6-2-11(3-7-13)16-22-23-18(27-16)28-10-15(24)21-12-4-8-14(9-5-12)26-17(19)20/h2-9,17H,10H2,1H3,(H,21,24). The van der Waals surface area contributed by atoms with Crippen molar-refractivity contribution < 1.29 is 27.5 Å². The second-order valence-corrected chi connectivity index (χ2v) is 6.27. The minimum atomic E-state index is -2.89. The van der Waals surface area contributed by atoms with E-state index in [1.165, 1.54) is 24.3 Å². The number of methoxy groups -OCH3 is 1. The molecule has 28 heavy (non-hydrogen) atoms. The molecule has 146 valence electrons. The number of benzene rings is 2. The van der Waals surface area contributed by atoms with Crippen molar-refractivity contribution in [3.63, 3.8) is 0 Å². The van der Waals surface area contributed by atoms with E-state index >= 15 is 0 Å². The number of thioether (sulfide) groups is 1. The molecule has 0 bridgehead atoms. The highest BCUT2D eigenvalue weighted by molar-refractivity contribution is 7.99. The molecule has 1 aromatic heterocycles. The molecule has 1 amide bonds. The lowest BCUT2D eigenvalue weighted by atomic mass is 10.2. The molecule has 0 fully saturated rings. The Morgan fingerprint density at radius 2 is 1.79 bits per heavy atom. The number of ether oxygens (including phenoxy) is 2. The van der Waals surface area contributed by atoms with E-state index < -0.39 is 6.61 Å². The monoisotopic (exact) mass is 407 g/mol. The third-order valence-corrected chi connectivity index (χ3v) is 4.25. The first-order valence-corrected chi connectivity index (χ1v) is 8.97. The van der Waals surface area contributed by atoms with Gasteiger partial charge in [-0.2, -0.15) is 8.78 Å². The minimum absolute atomic E-state index is 0.0132. The maximum absolute atomic E-state index is 12.1. The number of aromatic nitrogens is 2. The first kappa shape index (κ1) is 19.6.